The zero-order chi connectivity index (χ0) is 18.2. The molecule has 0 saturated carbocycles. The second kappa shape index (κ2) is 6.19. The minimum atomic E-state index is -3.83. The zero-order valence-electron chi connectivity index (χ0n) is 13.1. The van der Waals surface area contributed by atoms with E-state index in [0.29, 0.717) is 16.9 Å². The quantitative estimate of drug-likeness (QED) is 0.654. The van der Waals surface area contributed by atoms with E-state index in [-0.39, 0.29) is 10.5 Å². The first-order valence-corrected chi connectivity index (χ1v) is 8.79. The van der Waals surface area contributed by atoms with Crippen molar-refractivity contribution in [2.24, 2.45) is 0 Å². The highest BCUT2D eigenvalue weighted by Crippen LogP contribution is 2.26. The van der Waals surface area contributed by atoms with E-state index in [0.717, 1.165) is 0 Å². The lowest BCUT2D eigenvalue weighted by atomic mass is 10.1. The van der Waals surface area contributed by atoms with E-state index in [1.807, 2.05) is 0 Å². The Balaban J connectivity index is 1.86. The van der Waals surface area contributed by atoms with Gasteiger partial charge in [0.1, 0.15) is 4.90 Å². The fourth-order valence-corrected chi connectivity index (χ4v) is 3.71. The van der Waals surface area contributed by atoms with Crippen molar-refractivity contribution >= 4 is 33.3 Å². The molecule has 4 N–H and O–H groups in total. The lowest BCUT2D eigenvalue weighted by Gasteiger charge is -2.27. The number of hydrogen-bond acceptors (Lipinski definition) is 5. The van der Waals surface area contributed by atoms with Gasteiger partial charge in [0.25, 0.3) is 5.91 Å². The maximum absolute atomic E-state index is 12.5. The molecule has 130 valence electrons. The third-order valence-corrected chi connectivity index (χ3v) is 5.24. The Labute approximate surface area is 143 Å². The maximum Gasteiger partial charge on any atom is 0.335 e. The number of carboxylic acids is 1. The first-order chi connectivity index (χ1) is 11.8. The number of aryl methyl sites for hydroxylation is 1. The molecule has 3 rings (SSSR count). The van der Waals surface area contributed by atoms with Gasteiger partial charge in [0.15, 0.2) is 6.17 Å². The second-order valence-electron chi connectivity index (χ2n) is 5.52. The molecule has 2 aromatic rings. The minimum absolute atomic E-state index is 0.0171. The van der Waals surface area contributed by atoms with E-state index in [9.17, 15) is 18.0 Å². The van der Waals surface area contributed by atoms with Crippen molar-refractivity contribution in [3.8, 4) is 0 Å². The zero-order valence-corrected chi connectivity index (χ0v) is 13.9. The van der Waals surface area contributed by atoms with Crippen LogP contribution in [0.1, 0.15) is 15.9 Å². The molecular weight excluding hydrogens is 346 g/mol. The Morgan fingerprint density at radius 3 is 2.60 bits per heavy atom. The number of sulfonamides is 1. The van der Waals surface area contributed by atoms with Crippen LogP contribution in [0.2, 0.25) is 0 Å². The fourth-order valence-electron chi connectivity index (χ4n) is 2.44. The van der Waals surface area contributed by atoms with Gasteiger partial charge in [-0.2, -0.15) is 4.72 Å². The molecule has 9 heteroatoms. The number of anilines is 2. The van der Waals surface area contributed by atoms with Gasteiger partial charge < -0.3 is 15.7 Å². The Morgan fingerprint density at radius 2 is 1.88 bits per heavy atom. The summed E-state index contributed by atoms with van der Waals surface area (Å²) in [7, 11) is -3.83. The van der Waals surface area contributed by atoms with Crippen LogP contribution in [-0.4, -0.2) is 31.6 Å². The van der Waals surface area contributed by atoms with E-state index in [1.165, 1.54) is 18.2 Å². The number of aromatic carboxylic acids is 1. The SMILES string of the molecule is Cc1ccc(C(=O)O)cc1NC(=O)[C@H]1Nc2ccccc2S(=O)(=O)N1. The van der Waals surface area contributed by atoms with Gasteiger partial charge in [-0.1, -0.05) is 18.2 Å². The van der Waals surface area contributed by atoms with Crippen LogP contribution in [0.25, 0.3) is 0 Å². The summed E-state index contributed by atoms with van der Waals surface area (Å²) >= 11 is 0. The van der Waals surface area contributed by atoms with E-state index in [1.54, 1.807) is 31.2 Å². The minimum Gasteiger partial charge on any atom is -0.478 e. The van der Waals surface area contributed by atoms with Crippen LogP contribution in [0.5, 0.6) is 0 Å². The van der Waals surface area contributed by atoms with E-state index >= 15 is 0 Å². The van der Waals surface area contributed by atoms with E-state index in [4.69, 9.17) is 5.11 Å². The summed E-state index contributed by atoms with van der Waals surface area (Å²) < 4.78 is 26.7. The average molecular weight is 361 g/mol. The molecule has 0 unspecified atom stereocenters. The first kappa shape index (κ1) is 16.9. The number of rotatable bonds is 3. The number of nitrogens with one attached hydrogen (secondary N) is 3. The molecule has 1 atom stereocenters. The molecule has 1 aliphatic heterocycles. The Morgan fingerprint density at radius 1 is 1.16 bits per heavy atom. The summed E-state index contributed by atoms with van der Waals surface area (Å²) in [4.78, 5) is 23.6. The number of carbonyl (C=O) groups excluding carboxylic acids is 1. The highest BCUT2D eigenvalue weighted by molar-refractivity contribution is 7.89. The van der Waals surface area contributed by atoms with Crippen molar-refractivity contribution in [1.29, 1.82) is 0 Å². The summed E-state index contributed by atoms with van der Waals surface area (Å²) in [6, 6.07) is 10.5. The maximum atomic E-state index is 12.5. The van der Waals surface area contributed by atoms with Gasteiger partial charge in [0.2, 0.25) is 10.0 Å². The van der Waals surface area contributed by atoms with Gasteiger partial charge in [0.05, 0.1) is 11.3 Å². The van der Waals surface area contributed by atoms with Crippen LogP contribution in [0, 0.1) is 6.92 Å². The van der Waals surface area contributed by atoms with Gasteiger partial charge in [-0.05, 0) is 36.8 Å². The van der Waals surface area contributed by atoms with Crippen LogP contribution in [0.15, 0.2) is 47.4 Å². The highest BCUT2D eigenvalue weighted by Gasteiger charge is 2.33. The molecule has 2 aromatic carbocycles. The Kier molecular flexibility index (Phi) is 4.19. The predicted molar refractivity (Wildman–Crippen MR) is 90.9 cm³/mol. The first-order valence-electron chi connectivity index (χ1n) is 7.30. The number of para-hydroxylation sites is 1. The molecule has 1 aliphatic rings. The summed E-state index contributed by atoms with van der Waals surface area (Å²) in [6.45, 7) is 1.70. The predicted octanol–water partition coefficient (Wildman–Crippen LogP) is 1.36. The topological polar surface area (TPSA) is 125 Å². The molecule has 0 radical (unpaired) electrons. The summed E-state index contributed by atoms with van der Waals surface area (Å²) in [6.07, 6.45) is -1.22. The van der Waals surface area contributed by atoms with Crippen molar-refractivity contribution in [1.82, 2.24) is 4.72 Å². The van der Waals surface area contributed by atoms with Gasteiger partial charge in [-0.15, -0.1) is 0 Å². The average Bonchev–Trinajstić information content (AvgIpc) is 2.56. The molecule has 0 aliphatic carbocycles. The molecule has 0 saturated heterocycles. The monoisotopic (exact) mass is 361 g/mol. The standard InChI is InChI=1S/C16H15N3O5S/c1-9-6-7-10(16(21)22)8-12(9)18-15(20)14-17-11-4-2-3-5-13(11)25(23,24)19-14/h2-8,14,17,19H,1H3,(H,18,20)(H,21,22)/t14-/m0/s1. The third kappa shape index (κ3) is 3.32. The number of fused-ring (bicyclic) bond motifs is 1. The van der Waals surface area contributed by atoms with E-state index in [2.05, 4.69) is 15.4 Å². The smallest absolute Gasteiger partial charge is 0.335 e. The summed E-state index contributed by atoms with van der Waals surface area (Å²) in [5.74, 6) is -1.77. The van der Waals surface area contributed by atoms with Gasteiger partial charge >= 0.3 is 5.97 Å². The van der Waals surface area contributed by atoms with Gasteiger partial charge in [-0.25, -0.2) is 13.2 Å². The molecule has 0 fully saturated rings. The Hall–Kier alpha value is -2.91. The second-order valence-corrected chi connectivity index (χ2v) is 7.20. The Bertz CT molecular complexity index is 971. The molecule has 1 amide bonds. The largest absolute Gasteiger partial charge is 0.478 e. The summed E-state index contributed by atoms with van der Waals surface area (Å²) in [5.41, 5.74) is 1.28. The lowest BCUT2D eigenvalue weighted by Crippen LogP contribution is -2.51. The van der Waals surface area contributed by atoms with Crippen molar-refractivity contribution < 1.29 is 23.1 Å². The summed E-state index contributed by atoms with van der Waals surface area (Å²) in [5, 5.41) is 14.4. The van der Waals surface area contributed by atoms with Crippen LogP contribution >= 0.6 is 0 Å². The van der Waals surface area contributed by atoms with Gasteiger partial charge in [-0.3, -0.25) is 4.79 Å². The highest BCUT2D eigenvalue weighted by atomic mass is 32.2. The number of amides is 1. The fraction of sp³-hybridized carbons (Fsp3) is 0.125. The van der Waals surface area contributed by atoms with Gasteiger partial charge in [0, 0.05) is 5.69 Å². The number of hydrogen-bond donors (Lipinski definition) is 4. The lowest BCUT2D eigenvalue weighted by molar-refractivity contribution is -0.117. The number of carbonyl (C=O) groups is 2. The molecule has 0 aromatic heterocycles. The molecule has 1 heterocycles. The number of carboxylic acid groups (broad SMARTS) is 1. The molecule has 8 nitrogen and oxygen atoms in total. The van der Waals surface area contributed by atoms with E-state index < -0.39 is 28.1 Å². The van der Waals surface area contributed by atoms with Crippen LogP contribution in [0.4, 0.5) is 11.4 Å². The number of benzene rings is 2. The van der Waals surface area contributed by atoms with Crippen LogP contribution in [0.3, 0.4) is 0 Å². The molecular formula is C16H15N3O5S. The normalized spacial score (nSPS) is 17.9. The van der Waals surface area contributed by atoms with Crippen molar-refractivity contribution in [2.75, 3.05) is 10.6 Å². The molecule has 0 spiro atoms. The third-order valence-electron chi connectivity index (χ3n) is 3.75. The van der Waals surface area contributed by atoms with Crippen LogP contribution < -0.4 is 15.4 Å². The van der Waals surface area contributed by atoms with Crippen LogP contribution in [-0.2, 0) is 14.8 Å². The van der Waals surface area contributed by atoms with Crippen molar-refractivity contribution in [3.05, 3.63) is 53.6 Å². The van der Waals surface area contributed by atoms with Crippen molar-refractivity contribution in [3.63, 3.8) is 0 Å². The molecule has 25 heavy (non-hydrogen) atoms. The molecule has 0 bridgehead atoms. The van der Waals surface area contributed by atoms with Crippen molar-refractivity contribution in [2.45, 2.75) is 18.0 Å².